The first-order valence-electron chi connectivity index (χ1n) is 5.62. The van der Waals surface area contributed by atoms with Gasteiger partial charge in [-0.1, -0.05) is 19.9 Å². The van der Waals surface area contributed by atoms with E-state index in [2.05, 4.69) is 23.8 Å². The van der Waals surface area contributed by atoms with E-state index in [1.54, 1.807) is 18.4 Å². The number of hydrogen-bond donors (Lipinski definition) is 0. The molecule has 2 rings (SSSR count). The Morgan fingerprint density at radius 1 is 1.24 bits per heavy atom. The van der Waals surface area contributed by atoms with E-state index in [-0.39, 0.29) is 0 Å². The van der Waals surface area contributed by atoms with Crippen LogP contribution >= 0.6 is 11.3 Å². The van der Waals surface area contributed by atoms with E-state index >= 15 is 0 Å². The van der Waals surface area contributed by atoms with Gasteiger partial charge in [-0.15, -0.1) is 11.3 Å². The Hall–Kier alpha value is -1.42. The maximum atomic E-state index is 5.03. The number of pyridine rings is 1. The molecule has 2 heterocycles. The third-order valence-electron chi connectivity index (χ3n) is 2.50. The van der Waals surface area contributed by atoms with Gasteiger partial charge < -0.3 is 4.74 Å². The summed E-state index contributed by atoms with van der Waals surface area (Å²) in [6.07, 6.45) is 4.66. The molecule has 17 heavy (non-hydrogen) atoms. The van der Waals surface area contributed by atoms with Gasteiger partial charge in [0.2, 0.25) is 5.88 Å². The third kappa shape index (κ3) is 3.03. The van der Waals surface area contributed by atoms with Crippen LogP contribution in [0.3, 0.4) is 0 Å². The first kappa shape index (κ1) is 12.0. The molecule has 2 aromatic heterocycles. The van der Waals surface area contributed by atoms with Crippen LogP contribution in [0.1, 0.15) is 35.2 Å². The molecule has 0 aromatic carbocycles. The van der Waals surface area contributed by atoms with Gasteiger partial charge in [0.1, 0.15) is 0 Å². The van der Waals surface area contributed by atoms with E-state index in [1.165, 1.54) is 4.88 Å². The second-order valence-electron chi connectivity index (χ2n) is 4.20. The van der Waals surface area contributed by atoms with Crippen molar-refractivity contribution in [1.82, 2.24) is 9.97 Å². The summed E-state index contributed by atoms with van der Waals surface area (Å²) in [7, 11) is 1.62. The van der Waals surface area contributed by atoms with E-state index in [0.717, 1.165) is 17.0 Å². The average Bonchev–Trinajstić information content (AvgIpc) is 2.79. The third-order valence-corrected chi connectivity index (χ3v) is 3.80. The molecule has 0 bridgehead atoms. The van der Waals surface area contributed by atoms with Crippen molar-refractivity contribution in [3.63, 3.8) is 0 Å². The predicted molar refractivity (Wildman–Crippen MR) is 69.8 cm³/mol. The number of rotatable bonds is 4. The Bertz CT molecular complexity index is 476. The van der Waals surface area contributed by atoms with Gasteiger partial charge in [-0.3, -0.25) is 0 Å². The van der Waals surface area contributed by atoms with Gasteiger partial charge in [0.05, 0.1) is 12.1 Å². The van der Waals surface area contributed by atoms with Crippen molar-refractivity contribution in [2.45, 2.75) is 26.2 Å². The van der Waals surface area contributed by atoms with Crippen molar-refractivity contribution in [2.75, 3.05) is 7.11 Å². The minimum Gasteiger partial charge on any atom is -0.481 e. The number of hydrogen-bond acceptors (Lipinski definition) is 4. The molecule has 0 aliphatic rings. The molecule has 0 N–H and O–H groups in total. The molecular formula is C13H16N2OS. The molecule has 3 nitrogen and oxygen atoms in total. The van der Waals surface area contributed by atoms with Crippen LogP contribution in [0.4, 0.5) is 0 Å². The summed E-state index contributed by atoms with van der Waals surface area (Å²) < 4.78 is 5.03. The van der Waals surface area contributed by atoms with E-state index < -0.39 is 0 Å². The summed E-state index contributed by atoms with van der Waals surface area (Å²) in [6, 6.07) is 3.91. The van der Waals surface area contributed by atoms with Crippen LogP contribution in [-0.2, 0) is 6.42 Å². The second kappa shape index (κ2) is 5.27. The molecule has 2 aromatic rings. The van der Waals surface area contributed by atoms with Gasteiger partial charge in [-0.05, 0) is 11.5 Å². The first-order valence-corrected chi connectivity index (χ1v) is 6.44. The van der Waals surface area contributed by atoms with Crippen molar-refractivity contribution in [1.29, 1.82) is 0 Å². The number of thiazole rings is 1. The molecule has 90 valence electrons. The van der Waals surface area contributed by atoms with E-state index in [4.69, 9.17) is 4.74 Å². The zero-order valence-corrected chi connectivity index (χ0v) is 11.1. The highest BCUT2D eigenvalue weighted by molar-refractivity contribution is 7.11. The Kier molecular flexibility index (Phi) is 3.74. The molecule has 0 amide bonds. The molecule has 0 radical (unpaired) electrons. The molecule has 0 saturated carbocycles. The Balaban J connectivity index is 2.08. The first-order chi connectivity index (χ1) is 8.19. The van der Waals surface area contributed by atoms with Crippen molar-refractivity contribution in [3.8, 4) is 5.88 Å². The maximum Gasteiger partial charge on any atom is 0.212 e. The van der Waals surface area contributed by atoms with Crippen molar-refractivity contribution in [2.24, 2.45) is 0 Å². The molecular weight excluding hydrogens is 232 g/mol. The standard InChI is InChI=1S/C13H16N2OS/c1-9(2)11-8-15-13(17-11)6-10-4-5-12(16-3)14-7-10/h4-5,7-9H,6H2,1-3H3. The summed E-state index contributed by atoms with van der Waals surface area (Å²) >= 11 is 1.78. The number of nitrogens with zero attached hydrogens (tertiary/aromatic N) is 2. The second-order valence-corrected chi connectivity index (χ2v) is 5.34. The van der Waals surface area contributed by atoms with Crippen LogP contribution in [0.2, 0.25) is 0 Å². The van der Waals surface area contributed by atoms with Gasteiger partial charge in [0.25, 0.3) is 0 Å². The van der Waals surface area contributed by atoms with Crippen molar-refractivity contribution >= 4 is 11.3 Å². The molecule has 0 aliphatic heterocycles. The lowest BCUT2D eigenvalue weighted by molar-refractivity contribution is 0.397. The smallest absolute Gasteiger partial charge is 0.212 e. The lowest BCUT2D eigenvalue weighted by Gasteiger charge is -2.00. The maximum absolute atomic E-state index is 5.03. The lowest BCUT2D eigenvalue weighted by Crippen LogP contribution is -1.91. The van der Waals surface area contributed by atoms with Gasteiger partial charge in [-0.25, -0.2) is 9.97 Å². The Morgan fingerprint density at radius 3 is 2.59 bits per heavy atom. The lowest BCUT2D eigenvalue weighted by atomic mass is 10.2. The van der Waals surface area contributed by atoms with Gasteiger partial charge >= 0.3 is 0 Å². The summed E-state index contributed by atoms with van der Waals surface area (Å²) in [5, 5.41) is 1.14. The van der Waals surface area contributed by atoms with E-state index in [1.807, 2.05) is 24.5 Å². The number of ether oxygens (including phenoxy) is 1. The predicted octanol–water partition coefficient (Wildman–Crippen LogP) is 3.26. The largest absolute Gasteiger partial charge is 0.481 e. The van der Waals surface area contributed by atoms with Crippen molar-refractivity contribution < 1.29 is 4.74 Å². The SMILES string of the molecule is COc1ccc(Cc2ncc(C(C)C)s2)cn1. The number of methoxy groups -OCH3 is 1. The minimum absolute atomic E-state index is 0.551. The summed E-state index contributed by atoms with van der Waals surface area (Å²) in [5.74, 6) is 1.20. The highest BCUT2D eigenvalue weighted by Crippen LogP contribution is 2.23. The van der Waals surface area contributed by atoms with Crippen LogP contribution in [0.5, 0.6) is 5.88 Å². The molecule has 0 atom stereocenters. The Labute approximate surface area is 106 Å². The monoisotopic (exact) mass is 248 g/mol. The van der Waals surface area contributed by atoms with E-state index in [9.17, 15) is 0 Å². The van der Waals surface area contributed by atoms with Crippen LogP contribution < -0.4 is 4.74 Å². The van der Waals surface area contributed by atoms with Crippen LogP contribution in [-0.4, -0.2) is 17.1 Å². The topological polar surface area (TPSA) is 35.0 Å². The Morgan fingerprint density at radius 2 is 2.06 bits per heavy atom. The fraction of sp³-hybridized carbons (Fsp3) is 0.385. The summed E-state index contributed by atoms with van der Waals surface area (Å²) in [4.78, 5) is 9.96. The van der Waals surface area contributed by atoms with E-state index in [0.29, 0.717) is 11.8 Å². The fourth-order valence-corrected chi connectivity index (χ4v) is 2.44. The quantitative estimate of drug-likeness (QED) is 0.833. The normalized spacial score (nSPS) is 10.8. The molecule has 0 spiro atoms. The van der Waals surface area contributed by atoms with Gasteiger partial charge in [0.15, 0.2) is 0 Å². The summed E-state index contributed by atoms with van der Waals surface area (Å²) in [6.45, 7) is 4.37. The van der Waals surface area contributed by atoms with Gasteiger partial charge in [0, 0.05) is 29.8 Å². The zero-order chi connectivity index (χ0) is 12.3. The average molecular weight is 248 g/mol. The number of aromatic nitrogens is 2. The fourth-order valence-electron chi connectivity index (χ4n) is 1.48. The van der Waals surface area contributed by atoms with Crippen LogP contribution in [0, 0.1) is 0 Å². The molecule has 0 fully saturated rings. The minimum atomic E-state index is 0.551. The highest BCUT2D eigenvalue weighted by atomic mass is 32.1. The molecule has 0 saturated heterocycles. The van der Waals surface area contributed by atoms with Crippen LogP contribution in [0.25, 0.3) is 0 Å². The van der Waals surface area contributed by atoms with Crippen LogP contribution in [0.15, 0.2) is 24.5 Å². The highest BCUT2D eigenvalue weighted by Gasteiger charge is 2.06. The molecule has 0 unspecified atom stereocenters. The van der Waals surface area contributed by atoms with Gasteiger partial charge in [-0.2, -0.15) is 0 Å². The molecule has 4 heteroatoms. The summed E-state index contributed by atoms with van der Waals surface area (Å²) in [5.41, 5.74) is 1.16. The van der Waals surface area contributed by atoms with Crippen molar-refractivity contribution in [3.05, 3.63) is 40.0 Å². The zero-order valence-electron chi connectivity index (χ0n) is 10.3. The molecule has 0 aliphatic carbocycles.